The molecule has 0 spiro atoms. The van der Waals surface area contributed by atoms with Crippen molar-refractivity contribution in [2.75, 3.05) is 0 Å². The number of hydrogen-bond acceptors (Lipinski definition) is 3. The molecular weight excluding hydrogens is 106 g/mol. The van der Waals surface area contributed by atoms with Gasteiger partial charge in [-0.2, -0.15) is 0 Å². The molecule has 0 saturated carbocycles. The summed E-state index contributed by atoms with van der Waals surface area (Å²) in [6, 6.07) is 0. The summed E-state index contributed by atoms with van der Waals surface area (Å²) >= 11 is 0. The van der Waals surface area contributed by atoms with Crippen LogP contribution in [0, 0.1) is 5.41 Å². The van der Waals surface area contributed by atoms with Gasteiger partial charge in [0, 0.05) is 0 Å². The summed E-state index contributed by atoms with van der Waals surface area (Å²) < 4.78 is 0. The van der Waals surface area contributed by atoms with E-state index in [4.69, 9.17) is 10.5 Å². The number of aliphatic hydroxyl groups is 1. The summed E-state index contributed by atoms with van der Waals surface area (Å²) in [6.07, 6.45) is 1.54. The van der Waals surface area contributed by atoms with Crippen LogP contribution < -0.4 is 0 Å². The molecule has 0 bridgehead atoms. The lowest BCUT2D eigenvalue weighted by Gasteiger charge is -1.92. The summed E-state index contributed by atoms with van der Waals surface area (Å²) in [7, 11) is 0. The highest BCUT2D eigenvalue weighted by Crippen LogP contribution is 1.99. The van der Waals surface area contributed by atoms with Crippen LogP contribution in [-0.2, 0) is 4.79 Å². The van der Waals surface area contributed by atoms with Crippen molar-refractivity contribution in [3.8, 4) is 0 Å². The zero-order chi connectivity index (χ0) is 6.15. The Morgan fingerprint density at radius 1 is 1.75 bits per heavy atom. The summed E-state index contributed by atoms with van der Waals surface area (Å²) in [5, 5.41) is 15.4. The van der Waals surface area contributed by atoms with E-state index in [9.17, 15) is 4.79 Å². The monoisotopic (exact) mass is 111 g/mol. The number of nitrogens with one attached hydrogen (secondary N) is 1. The molecule has 0 amide bonds. The molecule has 1 aliphatic carbocycles. The van der Waals surface area contributed by atoms with Gasteiger partial charge in [-0.3, -0.25) is 10.2 Å². The Hall–Kier alpha value is -0.960. The van der Waals surface area contributed by atoms with Gasteiger partial charge < -0.3 is 5.11 Å². The number of rotatable bonds is 0. The minimum atomic E-state index is -0.956. The SMILES string of the molecule is N=C1C(=O)C=CC1O. The van der Waals surface area contributed by atoms with E-state index in [2.05, 4.69) is 0 Å². The first-order valence-corrected chi connectivity index (χ1v) is 2.21. The third-order valence-electron chi connectivity index (χ3n) is 0.991. The molecular formula is C5H5NO2. The highest BCUT2D eigenvalue weighted by atomic mass is 16.3. The summed E-state index contributed by atoms with van der Waals surface area (Å²) in [6.45, 7) is 0. The van der Waals surface area contributed by atoms with Gasteiger partial charge in [0.1, 0.15) is 11.8 Å². The van der Waals surface area contributed by atoms with Crippen LogP contribution in [0.3, 0.4) is 0 Å². The topological polar surface area (TPSA) is 61.2 Å². The van der Waals surface area contributed by atoms with Crippen LogP contribution in [0.15, 0.2) is 12.2 Å². The quantitative estimate of drug-likeness (QED) is 0.443. The summed E-state index contributed by atoms with van der Waals surface area (Å²) in [5.41, 5.74) is -0.231. The van der Waals surface area contributed by atoms with Gasteiger partial charge >= 0.3 is 0 Å². The maximum Gasteiger partial charge on any atom is 0.202 e. The van der Waals surface area contributed by atoms with E-state index in [1.54, 1.807) is 0 Å². The van der Waals surface area contributed by atoms with Crippen molar-refractivity contribution < 1.29 is 9.90 Å². The van der Waals surface area contributed by atoms with Crippen LogP contribution in [0.4, 0.5) is 0 Å². The molecule has 1 atom stereocenters. The summed E-state index contributed by atoms with van der Waals surface area (Å²) in [4.78, 5) is 10.3. The Morgan fingerprint density at radius 3 is 2.50 bits per heavy atom. The van der Waals surface area contributed by atoms with E-state index in [0.717, 1.165) is 0 Å². The van der Waals surface area contributed by atoms with Crippen LogP contribution in [0.5, 0.6) is 0 Å². The molecule has 2 N–H and O–H groups in total. The van der Waals surface area contributed by atoms with E-state index >= 15 is 0 Å². The van der Waals surface area contributed by atoms with Crippen LogP contribution in [-0.4, -0.2) is 22.7 Å². The number of carbonyl (C=O) groups is 1. The molecule has 0 saturated heterocycles. The summed E-state index contributed by atoms with van der Waals surface area (Å²) in [5.74, 6) is -0.391. The van der Waals surface area contributed by atoms with Gasteiger partial charge in [-0.15, -0.1) is 0 Å². The lowest BCUT2D eigenvalue weighted by atomic mass is 10.2. The van der Waals surface area contributed by atoms with Crippen LogP contribution >= 0.6 is 0 Å². The Kier molecular flexibility index (Phi) is 0.986. The largest absolute Gasteiger partial charge is 0.383 e. The first-order chi connectivity index (χ1) is 3.72. The zero-order valence-corrected chi connectivity index (χ0v) is 4.09. The van der Waals surface area contributed by atoms with Gasteiger partial charge in [0.25, 0.3) is 0 Å². The zero-order valence-electron chi connectivity index (χ0n) is 4.09. The Balaban J connectivity index is 2.85. The first-order valence-electron chi connectivity index (χ1n) is 2.21. The molecule has 1 unspecified atom stereocenters. The van der Waals surface area contributed by atoms with Crippen LogP contribution in [0.25, 0.3) is 0 Å². The number of aliphatic hydroxyl groups excluding tert-OH is 1. The lowest BCUT2D eigenvalue weighted by Crippen LogP contribution is -2.17. The minimum Gasteiger partial charge on any atom is -0.383 e. The average molecular weight is 111 g/mol. The molecule has 3 heteroatoms. The fraction of sp³-hybridized carbons (Fsp3) is 0.200. The van der Waals surface area contributed by atoms with E-state index in [0.29, 0.717) is 0 Å². The van der Waals surface area contributed by atoms with Crippen molar-refractivity contribution in [1.29, 1.82) is 5.41 Å². The van der Waals surface area contributed by atoms with Crippen molar-refractivity contribution in [2.24, 2.45) is 0 Å². The van der Waals surface area contributed by atoms with Crippen molar-refractivity contribution >= 4 is 11.5 Å². The predicted molar refractivity (Wildman–Crippen MR) is 27.9 cm³/mol. The van der Waals surface area contributed by atoms with Gasteiger partial charge in [0.05, 0.1) is 0 Å². The number of carbonyl (C=O) groups excluding carboxylic acids is 1. The maximum absolute atomic E-state index is 10.3. The first kappa shape index (κ1) is 5.18. The molecule has 0 aromatic rings. The lowest BCUT2D eigenvalue weighted by molar-refractivity contribution is -0.108. The fourth-order valence-corrected chi connectivity index (χ4v) is 0.510. The normalized spacial score (nSPS) is 27.4. The minimum absolute atomic E-state index is 0.231. The van der Waals surface area contributed by atoms with Gasteiger partial charge in [-0.25, -0.2) is 0 Å². The maximum atomic E-state index is 10.3. The highest BCUT2D eigenvalue weighted by Gasteiger charge is 2.19. The van der Waals surface area contributed by atoms with Crippen molar-refractivity contribution in [3.05, 3.63) is 12.2 Å². The molecule has 1 rings (SSSR count). The predicted octanol–water partition coefficient (Wildman–Crippen LogP) is -0.494. The number of hydrogen-bond donors (Lipinski definition) is 2. The molecule has 0 aromatic carbocycles. The second-order valence-electron chi connectivity index (χ2n) is 1.58. The van der Waals surface area contributed by atoms with Crippen LogP contribution in [0.1, 0.15) is 0 Å². The number of allylic oxidation sites excluding steroid dienone is 1. The Labute approximate surface area is 46.1 Å². The highest BCUT2D eigenvalue weighted by molar-refractivity contribution is 6.46. The second kappa shape index (κ2) is 1.52. The average Bonchev–Trinajstić information content (AvgIpc) is 1.98. The van der Waals surface area contributed by atoms with Crippen molar-refractivity contribution in [2.45, 2.75) is 6.10 Å². The smallest absolute Gasteiger partial charge is 0.202 e. The van der Waals surface area contributed by atoms with Gasteiger partial charge in [-0.05, 0) is 12.2 Å². The molecule has 42 valence electrons. The third kappa shape index (κ3) is 0.567. The number of ketones is 1. The standard InChI is InChI=1S/C5H5NO2/c6-5-3(7)1-2-4(5)8/h1-3,6-7H. The van der Waals surface area contributed by atoms with E-state index in [1.807, 2.05) is 0 Å². The van der Waals surface area contributed by atoms with E-state index < -0.39 is 11.9 Å². The van der Waals surface area contributed by atoms with Gasteiger partial charge in [0.15, 0.2) is 0 Å². The van der Waals surface area contributed by atoms with Gasteiger partial charge in [0.2, 0.25) is 5.78 Å². The molecule has 0 fully saturated rings. The molecule has 0 aromatic heterocycles. The Morgan fingerprint density at radius 2 is 2.38 bits per heavy atom. The molecule has 0 radical (unpaired) electrons. The fourth-order valence-electron chi connectivity index (χ4n) is 0.510. The molecule has 1 aliphatic rings. The molecule has 0 heterocycles. The van der Waals surface area contributed by atoms with E-state index in [1.165, 1.54) is 12.2 Å². The van der Waals surface area contributed by atoms with E-state index in [-0.39, 0.29) is 5.71 Å². The van der Waals surface area contributed by atoms with Crippen LogP contribution in [0.2, 0.25) is 0 Å². The van der Waals surface area contributed by atoms with Crippen molar-refractivity contribution in [3.63, 3.8) is 0 Å². The third-order valence-corrected chi connectivity index (χ3v) is 0.991. The molecule has 8 heavy (non-hydrogen) atoms. The van der Waals surface area contributed by atoms with Crippen molar-refractivity contribution in [1.82, 2.24) is 0 Å². The second-order valence-corrected chi connectivity index (χ2v) is 1.58. The Bertz CT molecular complexity index is 171. The van der Waals surface area contributed by atoms with Gasteiger partial charge in [-0.1, -0.05) is 0 Å². The molecule has 0 aliphatic heterocycles. The molecule has 3 nitrogen and oxygen atoms in total.